The van der Waals surface area contributed by atoms with Gasteiger partial charge in [0.1, 0.15) is 17.0 Å². The largest absolute Gasteiger partial charge is 0.490 e. The third-order valence-electron chi connectivity index (χ3n) is 4.26. The standard InChI is InChI=1S/C16H24ClNO/c1-10(2)13-6-5-11(3)7-15(13)19-14-8-16(17)18-9-12(14)4/h8-11,13,15H,5-7H2,1-4H3. The van der Waals surface area contributed by atoms with Crippen LogP contribution in [0.3, 0.4) is 0 Å². The first-order valence-corrected chi connectivity index (χ1v) is 7.64. The summed E-state index contributed by atoms with van der Waals surface area (Å²) in [6.45, 7) is 8.93. The molecule has 1 aromatic rings. The lowest BCUT2D eigenvalue weighted by Crippen LogP contribution is -2.36. The number of rotatable bonds is 3. The molecule has 1 fully saturated rings. The zero-order valence-corrected chi connectivity index (χ0v) is 13.1. The molecule has 1 aromatic heterocycles. The van der Waals surface area contributed by atoms with Crippen LogP contribution in [0.2, 0.25) is 5.15 Å². The molecule has 1 aliphatic carbocycles. The average molecular weight is 282 g/mol. The van der Waals surface area contributed by atoms with Crippen molar-refractivity contribution < 1.29 is 4.74 Å². The van der Waals surface area contributed by atoms with Crippen LogP contribution in [0.4, 0.5) is 0 Å². The molecule has 0 amide bonds. The van der Waals surface area contributed by atoms with Crippen LogP contribution < -0.4 is 4.74 Å². The molecular formula is C16H24ClNO. The lowest BCUT2D eigenvalue weighted by Gasteiger charge is -2.37. The molecule has 2 nitrogen and oxygen atoms in total. The first-order chi connectivity index (χ1) is 8.97. The number of aromatic nitrogens is 1. The van der Waals surface area contributed by atoms with Gasteiger partial charge in [-0.2, -0.15) is 0 Å². The van der Waals surface area contributed by atoms with E-state index in [0.717, 1.165) is 23.7 Å². The van der Waals surface area contributed by atoms with Gasteiger partial charge in [0.05, 0.1) is 0 Å². The number of hydrogen-bond donors (Lipinski definition) is 0. The Kier molecular flexibility index (Phi) is 4.72. The van der Waals surface area contributed by atoms with E-state index in [9.17, 15) is 0 Å². The van der Waals surface area contributed by atoms with Gasteiger partial charge < -0.3 is 4.74 Å². The summed E-state index contributed by atoms with van der Waals surface area (Å²) in [5.41, 5.74) is 1.06. The fraction of sp³-hybridized carbons (Fsp3) is 0.688. The average Bonchev–Trinajstić information content (AvgIpc) is 2.33. The van der Waals surface area contributed by atoms with Crippen LogP contribution in [0, 0.1) is 24.7 Å². The third kappa shape index (κ3) is 3.62. The number of nitrogens with zero attached hydrogens (tertiary/aromatic N) is 1. The quantitative estimate of drug-likeness (QED) is 0.737. The van der Waals surface area contributed by atoms with E-state index < -0.39 is 0 Å². The molecule has 3 heteroatoms. The molecular weight excluding hydrogens is 258 g/mol. The van der Waals surface area contributed by atoms with Crippen molar-refractivity contribution in [1.29, 1.82) is 0 Å². The summed E-state index contributed by atoms with van der Waals surface area (Å²) in [5.74, 6) is 2.94. The van der Waals surface area contributed by atoms with Crippen molar-refractivity contribution in [3.63, 3.8) is 0 Å². The molecule has 2 rings (SSSR count). The van der Waals surface area contributed by atoms with Crippen molar-refractivity contribution in [3.05, 3.63) is 23.0 Å². The fourth-order valence-corrected chi connectivity index (χ4v) is 3.17. The minimum Gasteiger partial charge on any atom is -0.490 e. The van der Waals surface area contributed by atoms with Gasteiger partial charge in [-0.05, 0) is 37.5 Å². The summed E-state index contributed by atoms with van der Waals surface area (Å²) in [6, 6.07) is 1.84. The fourth-order valence-electron chi connectivity index (χ4n) is 3.02. The van der Waals surface area contributed by atoms with Crippen LogP contribution in [-0.4, -0.2) is 11.1 Å². The second kappa shape index (κ2) is 6.13. The zero-order valence-electron chi connectivity index (χ0n) is 12.3. The van der Waals surface area contributed by atoms with E-state index in [0.29, 0.717) is 23.1 Å². The predicted octanol–water partition coefficient (Wildman–Crippen LogP) is 4.88. The summed E-state index contributed by atoms with van der Waals surface area (Å²) >= 11 is 5.97. The highest BCUT2D eigenvalue weighted by Gasteiger charge is 2.32. The Balaban J connectivity index is 2.16. The maximum atomic E-state index is 6.29. The van der Waals surface area contributed by atoms with Crippen molar-refractivity contribution in [2.75, 3.05) is 0 Å². The van der Waals surface area contributed by atoms with Crippen LogP contribution >= 0.6 is 11.6 Å². The van der Waals surface area contributed by atoms with Gasteiger partial charge >= 0.3 is 0 Å². The Morgan fingerprint density at radius 1 is 1.37 bits per heavy atom. The van der Waals surface area contributed by atoms with E-state index in [2.05, 4.69) is 25.8 Å². The van der Waals surface area contributed by atoms with Gasteiger partial charge in [0, 0.05) is 17.8 Å². The van der Waals surface area contributed by atoms with Crippen molar-refractivity contribution in [1.82, 2.24) is 4.98 Å². The van der Waals surface area contributed by atoms with Gasteiger partial charge in [0.25, 0.3) is 0 Å². The van der Waals surface area contributed by atoms with Gasteiger partial charge in [-0.3, -0.25) is 0 Å². The summed E-state index contributed by atoms with van der Waals surface area (Å²) in [5, 5.41) is 0.505. The third-order valence-corrected chi connectivity index (χ3v) is 4.47. The molecule has 19 heavy (non-hydrogen) atoms. The van der Waals surface area contributed by atoms with Gasteiger partial charge in [-0.15, -0.1) is 0 Å². The monoisotopic (exact) mass is 281 g/mol. The van der Waals surface area contributed by atoms with E-state index in [1.165, 1.54) is 12.8 Å². The molecule has 0 radical (unpaired) electrons. The molecule has 1 saturated carbocycles. The zero-order chi connectivity index (χ0) is 14.0. The first kappa shape index (κ1) is 14.6. The number of halogens is 1. The summed E-state index contributed by atoms with van der Waals surface area (Å²) in [7, 11) is 0. The minimum atomic E-state index is 0.306. The Morgan fingerprint density at radius 3 is 2.79 bits per heavy atom. The first-order valence-electron chi connectivity index (χ1n) is 7.26. The van der Waals surface area contributed by atoms with Gasteiger partial charge in [-0.25, -0.2) is 4.98 Å². The molecule has 106 valence electrons. The SMILES string of the molecule is Cc1cnc(Cl)cc1OC1CC(C)CCC1C(C)C. The molecule has 0 saturated heterocycles. The molecule has 0 spiro atoms. The maximum absolute atomic E-state index is 6.29. The molecule has 0 N–H and O–H groups in total. The van der Waals surface area contributed by atoms with Crippen molar-refractivity contribution in [3.8, 4) is 5.75 Å². The van der Waals surface area contributed by atoms with E-state index in [1.54, 1.807) is 6.20 Å². The molecule has 0 bridgehead atoms. The van der Waals surface area contributed by atoms with Gasteiger partial charge in [0.2, 0.25) is 0 Å². The van der Waals surface area contributed by atoms with Gasteiger partial charge in [-0.1, -0.05) is 38.8 Å². The molecule has 1 heterocycles. The summed E-state index contributed by atoms with van der Waals surface area (Å²) in [6.07, 6.45) is 5.82. The maximum Gasteiger partial charge on any atom is 0.132 e. The van der Waals surface area contributed by atoms with Crippen LogP contribution in [0.1, 0.15) is 45.6 Å². The second-order valence-corrected chi connectivity index (χ2v) is 6.64. The Labute approximate surface area is 121 Å². The summed E-state index contributed by atoms with van der Waals surface area (Å²) < 4.78 is 6.29. The number of ether oxygens (including phenoxy) is 1. The number of aryl methyl sites for hydroxylation is 1. The predicted molar refractivity (Wildman–Crippen MR) is 79.7 cm³/mol. The smallest absolute Gasteiger partial charge is 0.132 e. The van der Waals surface area contributed by atoms with Gasteiger partial charge in [0.15, 0.2) is 0 Å². The highest BCUT2D eigenvalue weighted by Crippen LogP contribution is 2.36. The van der Waals surface area contributed by atoms with Crippen molar-refractivity contribution in [2.24, 2.45) is 17.8 Å². The Hall–Kier alpha value is -0.760. The highest BCUT2D eigenvalue weighted by atomic mass is 35.5. The highest BCUT2D eigenvalue weighted by molar-refractivity contribution is 6.29. The molecule has 1 aliphatic rings. The van der Waals surface area contributed by atoms with Crippen LogP contribution in [0.5, 0.6) is 5.75 Å². The number of hydrogen-bond acceptors (Lipinski definition) is 2. The lowest BCUT2D eigenvalue weighted by molar-refractivity contribution is 0.0454. The molecule has 3 atom stereocenters. The lowest BCUT2D eigenvalue weighted by atomic mass is 9.75. The van der Waals surface area contributed by atoms with Crippen molar-refractivity contribution in [2.45, 2.75) is 53.1 Å². The van der Waals surface area contributed by atoms with Crippen LogP contribution in [0.15, 0.2) is 12.3 Å². The Bertz CT molecular complexity index is 433. The van der Waals surface area contributed by atoms with Crippen LogP contribution in [-0.2, 0) is 0 Å². The van der Waals surface area contributed by atoms with E-state index in [-0.39, 0.29) is 0 Å². The number of pyridine rings is 1. The van der Waals surface area contributed by atoms with E-state index >= 15 is 0 Å². The van der Waals surface area contributed by atoms with E-state index in [1.807, 2.05) is 13.0 Å². The molecule has 3 unspecified atom stereocenters. The summed E-state index contributed by atoms with van der Waals surface area (Å²) in [4.78, 5) is 4.09. The van der Waals surface area contributed by atoms with Crippen LogP contribution in [0.25, 0.3) is 0 Å². The molecule has 0 aliphatic heterocycles. The topological polar surface area (TPSA) is 22.1 Å². The van der Waals surface area contributed by atoms with E-state index in [4.69, 9.17) is 16.3 Å². The van der Waals surface area contributed by atoms with Crippen molar-refractivity contribution >= 4 is 11.6 Å². The molecule has 0 aromatic carbocycles. The Morgan fingerprint density at radius 2 is 2.11 bits per heavy atom. The second-order valence-electron chi connectivity index (χ2n) is 6.25. The minimum absolute atomic E-state index is 0.306. The normalized spacial score (nSPS) is 27.6.